The van der Waals surface area contributed by atoms with E-state index in [4.69, 9.17) is 11.6 Å². The zero-order valence-electron chi connectivity index (χ0n) is 13.8. The fourth-order valence-electron chi connectivity index (χ4n) is 2.13. The van der Waals surface area contributed by atoms with Gasteiger partial charge in [0.2, 0.25) is 5.95 Å². The molecule has 2 N–H and O–H groups in total. The Labute approximate surface area is 157 Å². The van der Waals surface area contributed by atoms with Crippen LogP contribution in [-0.2, 0) is 4.74 Å². The van der Waals surface area contributed by atoms with Crippen LogP contribution in [-0.4, -0.2) is 28.3 Å². The Kier molecular flexibility index (Phi) is 5.41. The van der Waals surface area contributed by atoms with Crippen molar-refractivity contribution in [2.24, 2.45) is 0 Å². The van der Waals surface area contributed by atoms with E-state index in [1.807, 2.05) is 0 Å². The van der Waals surface area contributed by atoms with Crippen molar-refractivity contribution in [3.63, 3.8) is 0 Å². The summed E-state index contributed by atoms with van der Waals surface area (Å²) in [5, 5.41) is 13.4. The third-order valence-electron chi connectivity index (χ3n) is 3.39. The van der Waals surface area contributed by atoms with Crippen LogP contribution >= 0.6 is 11.6 Å². The molecule has 0 fully saturated rings. The van der Waals surface area contributed by atoms with Crippen molar-refractivity contribution in [2.45, 2.75) is 0 Å². The summed E-state index contributed by atoms with van der Waals surface area (Å²) in [5.74, 6) is -1.79. The van der Waals surface area contributed by atoms with E-state index < -0.39 is 17.6 Å². The molecule has 0 unspecified atom stereocenters. The number of benzene rings is 2. The van der Waals surface area contributed by atoms with Crippen molar-refractivity contribution in [3.05, 3.63) is 64.8 Å². The second-order valence-electron chi connectivity index (χ2n) is 5.23. The van der Waals surface area contributed by atoms with E-state index in [2.05, 4.69) is 30.6 Å². The fourth-order valence-corrected chi connectivity index (χ4v) is 2.30. The van der Waals surface area contributed by atoms with Crippen LogP contribution in [0.3, 0.4) is 0 Å². The topological polar surface area (TPSA) is 89.0 Å². The summed E-state index contributed by atoms with van der Waals surface area (Å²) >= 11 is 6.11. The zero-order valence-corrected chi connectivity index (χ0v) is 14.6. The fraction of sp³-hybridized carbons (Fsp3) is 0.0588. The summed E-state index contributed by atoms with van der Waals surface area (Å²) in [6.07, 6.45) is 1.26. The number of rotatable bonds is 5. The van der Waals surface area contributed by atoms with Gasteiger partial charge in [-0.05, 0) is 30.3 Å². The third kappa shape index (κ3) is 4.45. The summed E-state index contributed by atoms with van der Waals surface area (Å²) in [6.45, 7) is 0. The van der Waals surface area contributed by atoms with Crippen molar-refractivity contribution in [1.82, 2.24) is 15.2 Å². The first kappa shape index (κ1) is 18.5. The van der Waals surface area contributed by atoms with Crippen LogP contribution in [0.15, 0.2) is 42.6 Å². The number of esters is 1. The van der Waals surface area contributed by atoms with Crippen molar-refractivity contribution in [3.8, 4) is 0 Å². The van der Waals surface area contributed by atoms with Gasteiger partial charge in [0.05, 0.1) is 35.3 Å². The van der Waals surface area contributed by atoms with Gasteiger partial charge in [-0.3, -0.25) is 0 Å². The van der Waals surface area contributed by atoms with Gasteiger partial charge in [-0.1, -0.05) is 11.6 Å². The van der Waals surface area contributed by atoms with Crippen LogP contribution in [0.2, 0.25) is 5.02 Å². The standard InChI is InChI=1S/C17H12ClF2N5O2/c1-27-16(26)9-2-4-11(18)14(6-9)23-17-24-15(8-21-25-17)22-13-5-3-10(19)7-12(13)20/h2-8H,1H3,(H2,22,23,24,25). The first-order chi connectivity index (χ1) is 13.0. The number of methoxy groups -OCH3 is 1. The number of ether oxygens (including phenoxy) is 1. The molecule has 0 saturated carbocycles. The molecular formula is C17H12ClF2N5O2. The Morgan fingerprint density at radius 2 is 1.93 bits per heavy atom. The number of carbonyl (C=O) groups is 1. The highest BCUT2D eigenvalue weighted by Crippen LogP contribution is 2.26. The van der Waals surface area contributed by atoms with Gasteiger partial charge in [0.1, 0.15) is 11.6 Å². The SMILES string of the molecule is COC(=O)c1ccc(Cl)c(Nc2nncc(Nc3ccc(F)cc3F)n2)c1. The minimum atomic E-state index is -0.781. The highest BCUT2D eigenvalue weighted by molar-refractivity contribution is 6.33. The Morgan fingerprint density at radius 3 is 2.67 bits per heavy atom. The molecule has 1 heterocycles. The van der Waals surface area contributed by atoms with E-state index in [9.17, 15) is 13.6 Å². The lowest BCUT2D eigenvalue weighted by molar-refractivity contribution is 0.0601. The molecular weight excluding hydrogens is 380 g/mol. The van der Waals surface area contributed by atoms with Crippen molar-refractivity contribution in [1.29, 1.82) is 0 Å². The molecule has 0 aliphatic heterocycles. The Morgan fingerprint density at radius 1 is 1.11 bits per heavy atom. The lowest BCUT2D eigenvalue weighted by atomic mass is 10.2. The van der Waals surface area contributed by atoms with Crippen molar-refractivity contribution in [2.75, 3.05) is 17.7 Å². The maximum absolute atomic E-state index is 13.7. The molecule has 3 rings (SSSR count). The number of carbonyl (C=O) groups excluding carboxylic acids is 1. The van der Waals surface area contributed by atoms with Crippen LogP contribution in [0.4, 0.5) is 31.9 Å². The zero-order chi connectivity index (χ0) is 19.4. The van der Waals surface area contributed by atoms with Crippen LogP contribution in [0, 0.1) is 11.6 Å². The molecule has 138 valence electrons. The maximum atomic E-state index is 13.7. The van der Waals surface area contributed by atoms with Crippen molar-refractivity contribution < 1.29 is 18.3 Å². The molecule has 0 bridgehead atoms. The molecule has 0 amide bonds. The second-order valence-corrected chi connectivity index (χ2v) is 5.63. The van der Waals surface area contributed by atoms with E-state index in [0.717, 1.165) is 12.1 Å². The van der Waals surface area contributed by atoms with Gasteiger partial charge in [-0.25, -0.2) is 13.6 Å². The average Bonchev–Trinajstić information content (AvgIpc) is 2.65. The number of halogens is 3. The molecule has 0 aliphatic rings. The predicted octanol–water partition coefficient (Wildman–Crippen LogP) is 4.08. The smallest absolute Gasteiger partial charge is 0.337 e. The molecule has 1 aromatic heterocycles. The number of aromatic nitrogens is 3. The van der Waals surface area contributed by atoms with Crippen LogP contribution in [0.5, 0.6) is 0 Å². The average molecular weight is 392 g/mol. The molecule has 0 spiro atoms. The molecule has 0 atom stereocenters. The summed E-state index contributed by atoms with van der Waals surface area (Å²) in [5.41, 5.74) is 0.653. The van der Waals surface area contributed by atoms with Gasteiger partial charge in [0.25, 0.3) is 0 Å². The monoisotopic (exact) mass is 391 g/mol. The van der Waals surface area contributed by atoms with E-state index >= 15 is 0 Å². The van der Waals surface area contributed by atoms with Gasteiger partial charge in [-0.2, -0.15) is 10.1 Å². The molecule has 0 saturated heterocycles. The number of hydrogen-bond acceptors (Lipinski definition) is 7. The van der Waals surface area contributed by atoms with Crippen LogP contribution in [0.1, 0.15) is 10.4 Å². The van der Waals surface area contributed by atoms with Gasteiger partial charge in [0, 0.05) is 6.07 Å². The Hall–Kier alpha value is -3.33. The van der Waals surface area contributed by atoms with Gasteiger partial charge < -0.3 is 15.4 Å². The van der Waals surface area contributed by atoms with Crippen LogP contribution < -0.4 is 10.6 Å². The lowest BCUT2D eigenvalue weighted by Crippen LogP contribution is -2.05. The largest absolute Gasteiger partial charge is 0.465 e. The molecule has 2 aromatic carbocycles. The minimum Gasteiger partial charge on any atom is -0.465 e. The van der Waals surface area contributed by atoms with Gasteiger partial charge >= 0.3 is 5.97 Å². The summed E-state index contributed by atoms with van der Waals surface area (Å²) < 4.78 is 31.4. The minimum absolute atomic E-state index is 0.0218. The summed E-state index contributed by atoms with van der Waals surface area (Å²) in [6, 6.07) is 7.58. The molecule has 7 nitrogen and oxygen atoms in total. The first-order valence-electron chi connectivity index (χ1n) is 7.53. The van der Waals surface area contributed by atoms with Gasteiger partial charge in [-0.15, -0.1) is 5.10 Å². The first-order valence-corrected chi connectivity index (χ1v) is 7.91. The van der Waals surface area contributed by atoms with E-state index in [0.29, 0.717) is 10.7 Å². The summed E-state index contributed by atoms with van der Waals surface area (Å²) in [7, 11) is 1.26. The maximum Gasteiger partial charge on any atom is 0.337 e. The van der Waals surface area contributed by atoms with E-state index in [1.165, 1.54) is 37.6 Å². The molecule has 27 heavy (non-hydrogen) atoms. The van der Waals surface area contributed by atoms with Gasteiger partial charge in [0.15, 0.2) is 5.82 Å². The molecule has 0 radical (unpaired) electrons. The Balaban J connectivity index is 1.83. The third-order valence-corrected chi connectivity index (χ3v) is 3.72. The van der Waals surface area contributed by atoms with Crippen LogP contribution in [0.25, 0.3) is 0 Å². The number of nitrogens with one attached hydrogen (secondary N) is 2. The van der Waals surface area contributed by atoms with Crippen molar-refractivity contribution >= 4 is 40.7 Å². The van der Waals surface area contributed by atoms with E-state index in [-0.39, 0.29) is 23.0 Å². The number of nitrogens with zero attached hydrogens (tertiary/aromatic N) is 3. The summed E-state index contributed by atoms with van der Waals surface area (Å²) in [4.78, 5) is 15.8. The normalized spacial score (nSPS) is 10.4. The molecule has 0 aliphatic carbocycles. The van der Waals surface area contributed by atoms with E-state index in [1.54, 1.807) is 0 Å². The molecule has 10 heteroatoms. The quantitative estimate of drug-likeness (QED) is 0.633. The lowest BCUT2D eigenvalue weighted by Gasteiger charge is -2.10. The predicted molar refractivity (Wildman–Crippen MR) is 95.5 cm³/mol. The number of hydrogen-bond donors (Lipinski definition) is 2. The molecule has 3 aromatic rings. The second kappa shape index (κ2) is 7.92. The number of anilines is 4. The Bertz CT molecular complexity index is 1000. The highest BCUT2D eigenvalue weighted by Gasteiger charge is 2.11. The highest BCUT2D eigenvalue weighted by atomic mass is 35.5.